The summed E-state index contributed by atoms with van der Waals surface area (Å²) in [7, 11) is 0. The summed E-state index contributed by atoms with van der Waals surface area (Å²) in [6.45, 7) is 5.31. The molecule has 3 rings (SSSR count). The van der Waals surface area contributed by atoms with Gasteiger partial charge in [0, 0.05) is 36.7 Å². The zero-order valence-electron chi connectivity index (χ0n) is 13.0. The first-order chi connectivity index (χ1) is 10.5. The molecule has 1 aliphatic carbocycles. The zero-order chi connectivity index (χ0) is 15.7. The minimum Gasteiger partial charge on any atom is -0.336 e. The van der Waals surface area contributed by atoms with Crippen molar-refractivity contribution in [2.75, 3.05) is 18.4 Å². The van der Waals surface area contributed by atoms with E-state index < -0.39 is 0 Å². The summed E-state index contributed by atoms with van der Waals surface area (Å²) >= 11 is 0. The number of nitrogens with one attached hydrogen (secondary N) is 2. The van der Waals surface area contributed by atoms with Crippen LogP contribution in [-0.2, 0) is 4.79 Å². The Morgan fingerprint density at radius 3 is 2.95 bits per heavy atom. The Kier molecular flexibility index (Phi) is 3.76. The highest BCUT2D eigenvalue weighted by molar-refractivity contribution is 5.95. The molecule has 118 valence electrons. The molecule has 2 fully saturated rings. The van der Waals surface area contributed by atoms with Crippen LogP contribution in [0.2, 0.25) is 0 Å². The molecule has 0 unspecified atom stereocenters. The van der Waals surface area contributed by atoms with Crippen LogP contribution in [0.5, 0.6) is 0 Å². The minimum absolute atomic E-state index is 0.00422. The monoisotopic (exact) mass is 302 g/mol. The van der Waals surface area contributed by atoms with E-state index in [1.165, 1.54) is 0 Å². The quantitative estimate of drug-likeness (QED) is 0.895. The van der Waals surface area contributed by atoms with Gasteiger partial charge in [0.15, 0.2) is 0 Å². The van der Waals surface area contributed by atoms with Gasteiger partial charge < -0.3 is 15.5 Å². The van der Waals surface area contributed by atoms with Crippen LogP contribution in [0, 0.1) is 11.3 Å². The molecule has 2 atom stereocenters. The van der Waals surface area contributed by atoms with Crippen LogP contribution in [0.4, 0.5) is 10.5 Å². The summed E-state index contributed by atoms with van der Waals surface area (Å²) < 4.78 is 0. The predicted molar refractivity (Wildman–Crippen MR) is 83.3 cm³/mol. The maximum atomic E-state index is 12.3. The van der Waals surface area contributed by atoms with Gasteiger partial charge in [-0.3, -0.25) is 9.78 Å². The summed E-state index contributed by atoms with van der Waals surface area (Å²) in [5, 5.41) is 5.82. The van der Waals surface area contributed by atoms with Gasteiger partial charge >= 0.3 is 6.03 Å². The molecule has 2 N–H and O–H groups in total. The molecule has 2 aliphatic rings. The summed E-state index contributed by atoms with van der Waals surface area (Å²) in [6, 6.07) is 3.74. The average molecular weight is 302 g/mol. The van der Waals surface area contributed by atoms with E-state index in [1.807, 2.05) is 24.8 Å². The van der Waals surface area contributed by atoms with Crippen LogP contribution < -0.4 is 10.6 Å². The van der Waals surface area contributed by atoms with E-state index >= 15 is 0 Å². The highest BCUT2D eigenvalue weighted by Crippen LogP contribution is 2.58. The third kappa shape index (κ3) is 2.91. The molecule has 6 heteroatoms. The highest BCUT2D eigenvalue weighted by atomic mass is 16.2. The Hall–Kier alpha value is -2.11. The molecule has 1 aromatic rings. The van der Waals surface area contributed by atoms with Gasteiger partial charge in [0.1, 0.15) is 0 Å². The lowest BCUT2D eigenvalue weighted by atomic mass is 10.0. The average Bonchev–Trinajstić information content (AvgIpc) is 3.00. The van der Waals surface area contributed by atoms with Gasteiger partial charge in [0.25, 0.3) is 0 Å². The van der Waals surface area contributed by atoms with Gasteiger partial charge in [-0.25, -0.2) is 4.79 Å². The number of nitrogens with zero attached hydrogens (tertiary/aromatic N) is 2. The number of pyridine rings is 1. The van der Waals surface area contributed by atoms with Crippen molar-refractivity contribution in [3.8, 4) is 0 Å². The number of urea groups is 1. The molecule has 1 aromatic heterocycles. The van der Waals surface area contributed by atoms with Crippen LogP contribution in [0.25, 0.3) is 0 Å². The van der Waals surface area contributed by atoms with E-state index in [9.17, 15) is 9.59 Å². The summed E-state index contributed by atoms with van der Waals surface area (Å²) in [5.41, 5.74) is 0.711. The number of carbonyl (C=O) groups is 2. The van der Waals surface area contributed by atoms with E-state index in [4.69, 9.17) is 0 Å². The molecule has 6 nitrogen and oxygen atoms in total. The van der Waals surface area contributed by atoms with Crippen molar-refractivity contribution in [3.05, 3.63) is 24.5 Å². The van der Waals surface area contributed by atoms with Gasteiger partial charge in [-0.15, -0.1) is 0 Å². The fourth-order valence-electron chi connectivity index (χ4n) is 3.24. The molecular weight excluding hydrogens is 280 g/mol. The Balaban J connectivity index is 1.55. The van der Waals surface area contributed by atoms with Crippen LogP contribution in [0.1, 0.15) is 26.7 Å². The fraction of sp³-hybridized carbons (Fsp3) is 0.562. The second kappa shape index (κ2) is 5.59. The van der Waals surface area contributed by atoms with Gasteiger partial charge in [0.05, 0.1) is 11.9 Å². The standard InChI is InChI=1S/C16H22N4O2/c1-11(2)18-15(22)20-7-5-16(10-20)8-13(16)14(21)19-12-4-3-6-17-9-12/h3-4,6,9,11,13H,5,7-8,10H2,1-2H3,(H,18,22)(H,19,21)/t13-,16+/m0/s1. The second-order valence-electron chi connectivity index (χ2n) is 6.63. The largest absolute Gasteiger partial charge is 0.336 e. The minimum atomic E-state index is -0.0230. The number of carbonyl (C=O) groups excluding carboxylic acids is 2. The molecule has 1 spiro atoms. The first-order valence-corrected chi connectivity index (χ1v) is 7.76. The third-order valence-electron chi connectivity index (χ3n) is 4.52. The number of hydrogen-bond donors (Lipinski definition) is 2. The van der Waals surface area contributed by atoms with Crippen molar-refractivity contribution in [2.24, 2.45) is 11.3 Å². The van der Waals surface area contributed by atoms with Crippen LogP contribution in [0.15, 0.2) is 24.5 Å². The number of rotatable bonds is 3. The van der Waals surface area contributed by atoms with E-state index in [0.717, 1.165) is 25.1 Å². The fourth-order valence-corrected chi connectivity index (χ4v) is 3.24. The molecule has 0 radical (unpaired) electrons. The van der Waals surface area contributed by atoms with Crippen LogP contribution in [0.3, 0.4) is 0 Å². The molecule has 0 aromatic carbocycles. The van der Waals surface area contributed by atoms with E-state index in [0.29, 0.717) is 6.54 Å². The second-order valence-corrected chi connectivity index (χ2v) is 6.63. The number of likely N-dealkylation sites (tertiary alicyclic amines) is 1. The molecule has 1 saturated heterocycles. The van der Waals surface area contributed by atoms with Crippen molar-refractivity contribution in [3.63, 3.8) is 0 Å². The maximum Gasteiger partial charge on any atom is 0.317 e. The van der Waals surface area contributed by atoms with Crippen LogP contribution in [-0.4, -0.2) is 41.0 Å². The Bertz CT molecular complexity index is 575. The molecule has 0 bridgehead atoms. The number of aromatic nitrogens is 1. The molecule has 1 saturated carbocycles. The number of hydrogen-bond acceptors (Lipinski definition) is 3. The van der Waals surface area contributed by atoms with Gasteiger partial charge in [0.2, 0.25) is 5.91 Å². The Labute approximate surface area is 130 Å². The molecular formula is C16H22N4O2. The van der Waals surface area contributed by atoms with Gasteiger partial charge in [-0.05, 0) is 38.8 Å². The first kappa shape index (κ1) is 14.8. The van der Waals surface area contributed by atoms with Crippen molar-refractivity contribution in [1.82, 2.24) is 15.2 Å². The normalized spacial score (nSPS) is 26.3. The summed E-state index contributed by atoms with van der Waals surface area (Å²) in [6.07, 6.45) is 5.09. The van der Waals surface area contributed by atoms with Crippen molar-refractivity contribution >= 4 is 17.6 Å². The molecule has 3 amide bonds. The highest BCUT2D eigenvalue weighted by Gasteiger charge is 2.61. The summed E-state index contributed by atoms with van der Waals surface area (Å²) in [4.78, 5) is 30.2. The smallest absolute Gasteiger partial charge is 0.317 e. The SMILES string of the molecule is CC(C)NC(=O)N1CC[C@@]2(C[C@H]2C(=O)Nc2cccnc2)C1. The lowest BCUT2D eigenvalue weighted by Gasteiger charge is -2.19. The lowest BCUT2D eigenvalue weighted by Crippen LogP contribution is -2.42. The van der Waals surface area contributed by atoms with Gasteiger partial charge in [-0.2, -0.15) is 0 Å². The van der Waals surface area contributed by atoms with Crippen molar-refractivity contribution < 1.29 is 9.59 Å². The zero-order valence-corrected chi connectivity index (χ0v) is 13.0. The van der Waals surface area contributed by atoms with Crippen LogP contribution >= 0.6 is 0 Å². The molecule has 2 heterocycles. The maximum absolute atomic E-state index is 12.3. The third-order valence-corrected chi connectivity index (χ3v) is 4.52. The topological polar surface area (TPSA) is 74.3 Å². The van der Waals surface area contributed by atoms with Gasteiger partial charge in [-0.1, -0.05) is 0 Å². The van der Waals surface area contributed by atoms with E-state index in [-0.39, 0.29) is 29.3 Å². The predicted octanol–water partition coefficient (Wildman–Crippen LogP) is 1.85. The summed E-state index contributed by atoms with van der Waals surface area (Å²) in [5.74, 6) is 0.0451. The van der Waals surface area contributed by atoms with E-state index in [2.05, 4.69) is 15.6 Å². The first-order valence-electron chi connectivity index (χ1n) is 7.76. The van der Waals surface area contributed by atoms with Crippen molar-refractivity contribution in [1.29, 1.82) is 0 Å². The molecule has 1 aliphatic heterocycles. The Morgan fingerprint density at radius 2 is 2.27 bits per heavy atom. The Morgan fingerprint density at radius 1 is 1.45 bits per heavy atom. The molecule has 22 heavy (non-hydrogen) atoms. The lowest BCUT2D eigenvalue weighted by molar-refractivity contribution is -0.118. The van der Waals surface area contributed by atoms with Crippen molar-refractivity contribution in [2.45, 2.75) is 32.7 Å². The van der Waals surface area contributed by atoms with E-state index in [1.54, 1.807) is 18.5 Å². The number of amides is 3. The number of anilines is 1.